The molecule has 0 aliphatic carbocycles. The molecule has 0 fully saturated rings. The number of hydrogen-bond acceptors (Lipinski definition) is 2. The van der Waals surface area contributed by atoms with Gasteiger partial charge in [0.05, 0.1) is 0 Å². The van der Waals surface area contributed by atoms with E-state index in [0.717, 1.165) is 13.1 Å². The van der Waals surface area contributed by atoms with Crippen LogP contribution in [0.15, 0.2) is 30.3 Å². The lowest BCUT2D eigenvalue weighted by Crippen LogP contribution is -2.41. The second kappa shape index (κ2) is 7.46. The summed E-state index contributed by atoms with van der Waals surface area (Å²) in [4.78, 5) is 2.39. The van der Waals surface area contributed by atoms with Gasteiger partial charge in [-0.3, -0.25) is 0 Å². The van der Waals surface area contributed by atoms with Crippen LogP contribution in [0.25, 0.3) is 0 Å². The molecule has 1 aromatic carbocycles. The first kappa shape index (κ1) is 14.2. The predicted octanol–water partition coefficient (Wildman–Crippen LogP) is 3.07. The Labute approximate surface area is 106 Å². The maximum Gasteiger partial charge on any atom is 0.0475 e. The van der Waals surface area contributed by atoms with Gasteiger partial charge in [0.1, 0.15) is 0 Å². The summed E-state index contributed by atoms with van der Waals surface area (Å²) in [7, 11) is 2.19. The molecule has 0 aliphatic rings. The first-order valence-electron chi connectivity index (χ1n) is 6.69. The highest BCUT2D eigenvalue weighted by atomic mass is 15.2. The monoisotopic (exact) mass is 234 g/mol. The first-order valence-corrected chi connectivity index (χ1v) is 6.69. The van der Waals surface area contributed by atoms with Gasteiger partial charge in [-0.15, -0.1) is 0 Å². The summed E-state index contributed by atoms with van der Waals surface area (Å²) in [5.41, 5.74) is 1.38. The van der Waals surface area contributed by atoms with E-state index in [-0.39, 0.29) is 0 Å². The molecule has 0 heterocycles. The Morgan fingerprint density at radius 3 is 2.35 bits per heavy atom. The second-order valence-electron chi connectivity index (χ2n) is 4.66. The molecule has 0 aliphatic heterocycles. The molecule has 96 valence electrons. The fourth-order valence-corrected chi connectivity index (χ4v) is 2.07. The lowest BCUT2D eigenvalue weighted by Gasteiger charge is -2.32. The Bertz CT molecular complexity index is 297. The zero-order chi connectivity index (χ0) is 12.7. The minimum Gasteiger partial charge on any atom is -0.309 e. The molecule has 1 rings (SSSR count). The van der Waals surface area contributed by atoms with Crippen LogP contribution in [0, 0.1) is 0 Å². The van der Waals surface area contributed by atoms with Gasteiger partial charge in [-0.2, -0.15) is 0 Å². The van der Waals surface area contributed by atoms with Crippen LogP contribution in [0.4, 0.5) is 0 Å². The van der Waals surface area contributed by atoms with Crippen molar-refractivity contribution in [3.8, 4) is 0 Å². The summed E-state index contributed by atoms with van der Waals surface area (Å²) >= 11 is 0. The van der Waals surface area contributed by atoms with Gasteiger partial charge in [0.2, 0.25) is 0 Å². The van der Waals surface area contributed by atoms with Gasteiger partial charge in [0.25, 0.3) is 0 Å². The van der Waals surface area contributed by atoms with Crippen LogP contribution in [-0.2, 0) is 0 Å². The third-order valence-electron chi connectivity index (χ3n) is 3.45. The summed E-state index contributed by atoms with van der Waals surface area (Å²) in [5.74, 6) is 0. The average Bonchev–Trinajstić information content (AvgIpc) is 2.39. The number of likely N-dealkylation sites (N-methyl/N-ethyl adjacent to an activating group) is 1. The Morgan fingerprint density at radius 1 is 1.18 bits per heavy atom. The van der Waals surface area contributed by atoms with E-state index in [9.17, 15) is 0 Å². The van der Waals surface area contributed by atoms with E-state index in [1.54, 1.807) is 0 Å². The molecule has 1 aromatic rings. The maximum absolute atomic E-state index is 3.66. The molecule has 0 amide bonds. The highest BCUT2D eigenvalue weighted by Crippen LogP contribution is 2.20. The van der Waals surface area contributed by atoms with Crippen molar-refractivity contribution < 1.29 is 0 Å². The Balaban J connectivity index is 2.80. The van der Waals surface area contributed by atoms with Gasteiger partial charge in [0.15, 0.2) is 0 Å². The van der Waals surface area contributed by atoms with E-state index < -0.39 is 0 Å². The van der Waals surface area contributed by atoms with E-state index in [2.05, 4.69) is 68.4 Å². The number of nitrogens with zero attached hydrogens (tertiary/aromatic N) is 1. The van der Waals surface area contributed by atoms with Crippen molar-refractivity contribution in [1.82, 2.24) is 10.2 Å². The minimum absolute atomic E-state index is 0.418. The molecule has 0 saturated carbocycles. The Kier molecular flexibility index (Phi) is 6.23. The predicted molar refractivity (Wildman–Crippen MR) is 75.2 cm³/mol. The summed E-state index contributed by atoms with van der Waals surface area (Å²) in [6, 6.07) is 11.7. The number of nitrogens with one attached hydrogen (secondary N) is 1. The van der Waals surface area contributed by atoms with Gasteiger partial charge < -0.3 is 10.2 Å². The smallest absolute Gasteiger partial charge is 0.0475 e. The van der Waals surface area contributed by atoms with Crippen molar-refractivity contribution in [3.63, 3.8) is 0 Å². The van der Waals surface area contributed by atoms with Gasteiger partial charge in [-0.05, 0) is 39.0 Å². The SMILES string of the molecule is CCCNC(c1ccccc1)C(C)N(C)CC. The van der Waals surface area contributed by atoms with Gasteiger partial charge in [-0.1, -0.05) is 44.2 Å². The fourth-order valence-electron chi connectivity index (χ4n) is 2.07. The Hall–Kier alpha value is -0.860. The zero-order valence-corrected chi connectivity index (χ0v) is 11.6. The maximum atomic E-state index is 3.66. The third kappa shape index (κ3) is 4.14. The molecule has 1 N–H and O–H groups in total. The van der Waals surface area contributed by atoms with Crippen LogP contribution in [0.3, 0.4) is 0 Å². The van der Waals surface area contributed by atoms with Crippen LogP contribution < -0.4 is 5.32 Å². The van der Waals surface area contributed by atoms with Gasteiger partial charge in [0, 0.05) is 12.1 Å². The summed E-state index contributed by atoms with van der Waals surface area (Å²) in [5, 5.41) is 3.66. The lowest BCUT2D eigenvalue weighted by molar-refractivity contribution is 0.216. The lowest BCUT2D eigenvalue weighted by atomic mass is 9.99. The van der Waals surface area contributed by atoms with Crippen molar-refractivity contribution in [1.29, 1.82) is 0 Å². The highest BCUT2D eigenvalue weighted by molar-refractivity contribution is 5.20. The number of benzene rings is 1. The quantitative estimate of drug-likeness (QED) is 0.780. The zero-order valence-electron chi connectivity index (χ0n) is 11.6. The van der Waals surface area contributed by atoms with Crippen LogP contribution in [-0.4, -0.2) is 31.1 Å². The van der Waals surface area contributed by atoms with Crippen LogP contribution in [0.2, 0.25) is 0 Å². The number of hydrogen-bond donors (Lipinski definition) is 1. The normalized spacial score (nSPS) is 14.9. The average molecular weight is 234 g/mol. The topological polar surface area (TPSA) is 15.3 Å². The molecular formula is C15H26N2. The van der Waals surface area contributed by atoms with Crippen LogP contribution in [0.1, 0.15) is 38.8 Å². The third-order valence-corrected chi connectivity index (χ3v) is 3.45. The second-order valence-corrected chi connectivity index (χ2v) is 4.66. The highest BCUT2D eigenvalue weighted by Gasteiger charge is 2.20. The van der Waals surface area contributed by atoms with Gasteiger partial charge in [-0.25, -0.2) is 0 Å². The van der Waals surface area contributed by atoms with Crippen LogP contribution in [0.5, 0.6) is 0 Å². The largest absolute Gasteiger partial charge is 0.309 e. The molecule has 0 spiro atoms. The van der Waals surface area contributed by atoms with Crippen molar-refractivity contribution >= 4 is 0 Å². The van der Waals surface area contributed by atoms with Crippen molar-refractivity contribution in [3.05, 3.63) is 35.9 Å². The van der Waals surface area contributed by atoms with E-state index in [4.69, 9.17) is 0 Å². The van der Waals surface area contributed by atoms with Crippen molar-refractivity contribution in [2.24, 2.45) is 0 Å². The van der Waals surface area contributed by atoms with Crippen molar-refractivity contribution in [2.45, 2.75) is 39.3 Å². The Morgan fingerprint density at radius 2 is 1.82 bits per heavy atom. The molecular weight excluding hydrogens is 208 g/mol. The van der Waals surface area contributed by atoms with E-state index in [1.807, 2.05) is 0 Å². The molecule has 2 nitrogen and oxygen atoms in total. The van der Waals surface area contributed by atoms with Gasteiger partial charge >= 0.3 is 0 Å². The molecule has 2 atom stereocenters. The summed E-state index contributed by atoms with van der Waals surface area (Å²) in [6.45, 7) is 8.87. The van der Waals surface area contributed by atoms with Crippen molar-refractivity contribution in [2.75, 3.05) is 20.1 Å². The number of rotatable bonds is 7. The molecule has 0 aromatic heterocycles. The summed E-state index contributed by atoms with van der Waals surface area (Å²) in [6.07, 6.45) is 1.17. The van der Waals surface area contributed by atoms with Crippen LogP contribution >= 0.6 is 0 Å². The standard InChI is InChI=1S/C15H26N2/c1-5-12-16-15(13(3)17(4)6-2)14-10-8-7-9-11-14/h7-11,13,15-16H,5-6,12H2,1-4H3. The molecule has 2 unspecified atom stereocenters. The fraction of sp³-hybridized carbons (Fsp3) is 0.600. The summed E-state index contributed by atoms with van der Waals surface area (Å²) < 4.78 is 0. The van der Waals surface area contributed by atoms with E-state index in [0.29, 0.717) is 12.1 Å². The molecule has 0 saturated heterocycles. The molecule has 0 radical (unpaired) electrons. The van der Waals surface area contributed by atoms with E-state index >= 15 is 0 Å². The molecule has 2 heteroatoms. The molecule has 0 bridgehead atoms. The molecule has 17 heavy (non-hydrogen) atoms. The first-order chi connectivity index (χ1) is 8.20. The van der Waals surface area contributed by atoms with E-state index in [1.165, 1.54) is 12.0 Å². The minimum atomic E-state index is 0.418.